The average Bonchev–Trinajstić information content (AvgIpc) is 3.22. The summed E-state index contributed by atoms with van der Waals surface area (Å²) >= 11 is 0. The van der Waals surface area contributed by atoms with E-state index in [1.807, 2.05) is 31.2 Å². The molecule has 1 fully saturated rings. The molecule has 0 aromatic heterocycles. The largest absolute Gasteiger partial charge is 0.472 e. The van der Waals surface area contributed by atoms with E-state index in [0.29, 0.717) is 19.3 Å². The van der Waals surface area contributed by atoms with Gasteiger partial charge in [-0.2, -0.15) is 0 Å². The maximum Gasteiger partial charge on any atom is 0.472 e. The first kappa shape index (κ1) is 56.0. The van der Waals surface area contributed by atoms with E-state index in [2.05, 4.69) is 13.0 Å². The highest BCUT2D eigenvalue weighted by Crippen LogP contribution is 2.47. The predicted octanol–water partition coefficient (Wildman–Crippen LogP) is 7.58. The van der Waals surface area contributed by atoms with Crippen molar-refractivity contribution in [2.45, 2.75) is 223 Å². The summed E-state index contributed by atoms with van der Waals surface area (Å²) in [4.78, 5) is 35.7. The average molecular weight is 877 g/mol. The molecule has 4 unspecified atom stereocenters. The van der Waals surface area contributed by atoms with Gasteiger partial charge in [0.25, 0.3) is 0 Å². The van der Waals surface area contributed by atoms with Crippen LogP contribution < -0.4 is 0 Å². The summed E-state index contributed by atoms with van der Waals surface area (Å²) in [5.74, 6) is -1.15. The van der Waals surface area contributed by atoms with Crippen LogP contribution in [0.2, 0.25) is 0 Å². The molecule has 350 valence electrons. The summed E-state index contributed by atoms with van der Waals surface area (Å²) in [6.07, 6.45) is 22.4. The van der Waals surface area contributed by atoms with Gasteiger partial charge in [-0.25, -0.2) is 4.57 Å². The van der Waals surface area contributed by atoms with Crippen LogP contribution in [0.5, 0.6) is 0 Å². The predicted molar refractivity (Wildman–Crippen MR) is 232 cm³/mol. The van der Waals surface area contributed by atoms with Gasteiger partial charge < -0.3 is 45.0 Å². The van der Waals surface area contributed by atoms with Crippen molar-refractivity contribution in [3.8, 4) is 0 Å². The quantitative estimate of drug-likeness (QED) is 0.0105. The highest BCUT2D eigenvalue weighted by molar-refractivity contribution is 7.47. The lowest BCUT2D eigenvalue weighted by Gasteiger charge is -2.41. The highest BCUT2D eigenvalue weighted by Gasteiger charge is 2.51. The minimum atomic E-state index is -5.13. The van der Waals surface area contributed by atoms with Gasteiger partial charge in [-0.1, -0.05) is 159 Å². The lowest BCUT2D eigenvalue weighted by Crippen LogP contribution is -2.64. The summed E-state index contributed by atoms with van der Waals surface area (Å²) in [6.45, 7) is 3.07. The first-order valence-corrected chi connectivity index (χ1v) is 24.4. The number of aliphatic hydroxyl groups is 6. The van der Waals surface area contributed by atoms with Gasteiger partial charge in [-0.3, -0.25) is 18.6 Å². The number of rotatable bonds is 37. The molecular weight excluding hydrogens is 795 g/mol. The Hall–Kier alpha value is -1.97. The maximum absolute atomic E-state index is 12.8. The minimum absolute atomic E-state index is 0.0844. The van der Waals surface area contributed by atoms with Crippen molar-refractivity contribution in [3.05, 3.63) is 36.5 Å². The Morgan fingerprint density at radius 3 is 1.62 bits per heavy atom. The Balaban J connectivity index is 2.49. The van der Waals surface area contributed by atoms with Crippen molar-refractivity contribution < 1.29 is 68.2 Å². The van der Waals surface area contributed by atoms with Crippen LogP contribution in [-0.2, 0) is 32.7 Å². The maximum atomic E-state index is 12.8. The van der Waals surface area contributed by atoms with E-state index in [0.717, 1.165) is 64.2 Å². The van der Waals surface area contributed by atoms with Crippen LogP contribution in [0.1, 0.15) is 174 Å². The van der Waals surface area contributed by atoms with Crippen LogP contribution in [-0.4, -0.2) is 110 Å². The lowest BCUT2D eigenvalue weighted by atomic mass is 9.85. The molecule has 0 heterocycles. The number of unbranched alkanes of at least 4 members (excludes halogenated alkanes) is 19. The lowest BCUT2D eigenvalue weighted by molar-refractivity contribution is -0.220. The summed E-state index contributed by atoms with van der Waals surface area (Å²) in [7, 11) is -5.13. The zero-order valence-electron chi connectivity index (χ0n) is 36.6. The topological polar surface area (TPSA) is 230 Å². The van der Waals surface area contributed by atoms with Gasteiger partial charge in [0, 0.05) is 12.8 Å². The number of phosphoric acid groups is 1. The molecule has 0 saturated heterocycles. The van der Waals surface area contributed by atoms with Crippen LogP contribution in [0.15, 0.2) is 36.5 Å². The van der Waals surface area contributed by atoms with Gasteiger partial charge in [-0.15, -0.1) is 0 Å². The molecule has 0 amide bonds. The van der Waals surface area contributed by atoms with E-state index in [-0.39, 0.29) is 12.8 Å². The molecule has 14 nitrogen and oxygen atoms in total. The number of ether oxygens (including phenoxy) is 2. The van der Waals surface area contributed by atoms with Gasteiger partial charge in [0.2, 0.25) is 0 Å². The van der Waals surface area contributed by atoms with E-state index in [1.54, 1.807) is 6.08 Å². The monoisotopic (exact) mass is 877 g/mol. The summed E-state index contributed by atoms with van der Waals surface area (Å²) in [6, 6.07) is 0. The Labute approximate surface area is 360 Å². The van der Waals surface area contributed by atoms with E-state index >= 15 is 0 Å². The second-order valence-corrected chi connectivity index (χ2v) is 17.5. The zero-order valence-corrected chi connectivity index (χ0v) is 37.5. The molecule has 15 heteroatoms. The number of hydrogen-bond donors (Lipinski definition) is 7. The molecule has 0 aliphatic heterocycles. The van der Waals surface area contributed by atoms with Crippen molar-refractivity contribution in [1.29, 1.82) is 0 Å². The SMILES string of the molecule is CC/C=C/CC(O)/C=C/C=C/CCCCCCCC(=O)OC[C@H](COP(=O)(O)OC1[C@H](O)[C@H](O)C(O)[C@H](O)[C@H]1O)OC(=O)CCCCCCCCCCCCCCCCC. The number of allylic oxidation sites excluding steroid dienone is 4. The minimum Gasteiger partial charge on any atom is -0.462 e. The zero-order chi connectivity index (χ0) is 44.4. The Morgan fingerprint density at radius 1 is 0.600 bits per heavy atom. The fourth-order valence-corrected chi connectivity index (χ4v) is 7.83. The molecule has 0 spiro atoms. The molecule has 0 bridgehead atoms. The molecule has 0 radical (unpaired) electrons. The third kappa shape index (κ3) is 27.9. The van der Waals surface area contributed by atoms with Gasteiger partial charge in [-0.05, 0) is 38.5 Å². The van der Waals surface area contributed by atoms with Gasteiger partial charge in [0.05, 0.1) is 12.7 Å². The number of esters is 2. The molecule has 60 heavy (non-hydrogen) atoms. The molecule has 9 atom stereocenters. The van der Waals surface area contributed by atoms with E-state index in [9.17, 15) is 49.7 Å². The third-order valence-electron chi connectivity index (χ3n) is 10.6. The number of phosphoric ester groups is 1. The summed E-state index contributed by atoms with van der Waals surface area (Å²) < 4.78 is 33.5. The molecule has 1 saturated carbocycles. The molecule has 1 rings (SSSR count). The molecule has 0 aromatic carbocycles. The normalized spacial score (nSPS) is 23.0. The second-order valence-electron chi connectivity index (χ2n) is 16.1. The van der Waals surface area contributed by atoms with Crippen LogP contribution in [0.25, 0.3) is 0 Å². The van der Waals surface area contributed by atoms with E-state index in [1.165, 1.54) is 64.2 Å². The Bertz CT molecular complexity index is 1210. The van der Waals surface area contributed by atoms with Crippen LogP contribution in [0.4, 0.5) is 0 Å². The molecular formula is C45H81O14P. The van der Waals surface area contributed by atoms with Crippen molar-refractivity contribution in [1.82, 2.24) is 0 Å². The Kier molecular flexibility index (Phi) is 33.1. The number of hydrogen-bond acceptors (Lipinski definition) is 13. The summed E-state index contributed by atoms with van der Waals surface area (Å²) in [5.41, 5.74) is 0. The van der Waals surface area contributed by atoms with Crippen molar-refractivity contribution in [2.75, 3.05) is 13.2 Å². The van der Waals surface area contributed by atoms with Crippen molar-refractivity contribution in [2.24, 2.45) is 0 Å². The molecule has 0 aromatic rings. The van der Waals surface area contributed by atoms with E-state index < -0.39 is 81.8 Å². The first-order chi connectivity index (χ1) is 28.8. The van der Waals surface area contributed by atoms with Crippen LogP contribution >= 0.6 is 7.82 Å². The second kappa shape index (κ2) is 35.5. The van der Waals surface area contributed by atoms with Crippen LogP contribution in [0, 0.1) is 0 Å². The fourth-order valence-electron chi connectivity index (χ4n) is 6.85. The number of carbonyl (C=O) groups excluding carboxylic acids is 2. The van der Waals surface area contributed by atoms with Crippen molar-refractivity contribution >= 4 is 19.8 Å². The standard InChI is InChI=1S/C45H81O14P/c1-3-5-7-8-9-10-11-12-13-14-15-18-22-25-29-33-39(48)58-37(35-57-60(54,55)59-45-43(52)41(50)40(49)42(51)44(45)53)34-56-38(47)32-28-24-21-19-16-17-20-23-27-31-36(46)30-26-6-4-2/h6,20,23,26-27,31,36-37,40-46,49-53H,3-5,7-19,21-22,24-25,28-30,32-35H2,1-2H3,(H,54,55)/b23-20+,26-6+,31-27+/t36?,37-,40?,41-,42+,43-,44-,45?/m1/s1. The molecule has 1 aliphatic carbocycles. The van der Waals surface area contributed by atoms with Crippen LogP contribution in [0.3, 0.4) is 0 Å². The first-order valence-electron chi connectivity index (χ1n) is 22.9. The van der Waals surface area contributed by atoms with Gasteiger partial charge in [0.1, 0.15) is 43.2 Å². The number of carbonyl (C=O) groups is 2. The summed E-state index contributed by atoms with van der Waals surface area (Å²) in [5, 5.41) is 60.0. The third-order valence-corrected chi connectivity index (χ3v) is 11.6. The molecule has 1 aliphatic rings. The highest BCUT2D eigenvalue weighted by atomic mass is 31.2. The Morgan fingerprint density at radius 2 is 1.08 bits per heavy atom. The van der Waals surface area contributed by atoms with E-state index in [4.69, 9.17) is 18.5 Å². The smallest absolute Gasteiger partial charge is 0.462 e. The van der Waals surface area contributed by atoms with Gasteiger partial charge in [0.15, 0.2) is 6.10 Å². The fraction of sp³-hybridized carbons (Fsp3) is 0.822. The number of aliphatic hydroxyl groups excluding tert-OH is 6. The molecule has 7 N–H and O–H groups in total. The van der Waals surface area contributed by atoms with Gasteiger partial charge >= 0.3 is 19.8 Å². The van der Waals surface area contributed by atoms with Crippen molar-refractivity contribution in [3.63, 3.8) is 0 Å².